The Morgan fingerprint density at radius 2 is 1.86 bits per heavy atom. The Hall–Kier alpha value is -2.42. The van der Waals surface area contributed by atoms with Crippen LogP contribution in [0.4, 0.5) is 13.6 Å². The fraction of sp³-hybridized carbons (Fsp3) is 0.375. The molecule has 0 atom stereocenters. The fourth-order valence-corrected chi connectivity index (χ4v) is 1.48. The van der Waals surface area contributed by atoms with Gasteiger partial charge in [0.2, 0.25) is 0 Å². The van der Waals surface area contributed by atoms with Crippen LogP contribution in [0.15, 0.2) is 12.1 Å². The molecular weight excluding hydrogens is 292 g/mol. The topological polar surface area (TPSA) is 55.4 Å². The van der Waals surface area contributed by atoms with Crippen molar-refractivity contribution in [2.75, 3.05) is 6.54 Å². The van der Waals surface area contributed by atoms with E-state index in [-0.39, 0.29) is 17.7 Å². The van der Waals surface area contributed by atoms with Crippen molar-refractivity contribution in [3.8, 4) is 11.8 Å². The summed E-state index contributed by atoms with van der Waals surface area (Å²) in [7, 11) is 0. The molecule has 1 rings (SSSR count). The highest BCUT2D eigenvalue weighted by Gasteiger charge is 2.15. The number of alkyl carbamates (subject to hydrolysis) is 1. The van der Waals surface area contributed by atoms with Crippen LogP contribution in [0.1, 0.15) is 43.6 Å². The van der Waals surface area contributed by atoms with E-state index >= 15 is 0 Å². The first-order chi connectivity index (χ1) is 10.1. The van der Waals surface area contributed by atoms with E-state index < -0.39 is 29.1 Å². The molecule has 0 aromatic heterocycles. The van der Waals surface area contributed by atoms with E-state index in [2.05, 4.69) is 17.2 Å². The number of ether oxygens (including phenoxy) is 1. The van der Waals surface area contributed by atoms with E-state index in [0.29, 0.717) is 6.07 Å². The molecule has 0 radical (unpaired) electrons. The highest BCUT2D eigenvalue weighted by Crippen LogP contribution is 2.14. The zero-order valence-corrected chi connectivity index (χ0v) is 12.8. The SMILES string of the molecule is CC(=O)c1cc(C#CCNC(=O)OC(C)(C)C)c(F)cc1F. The predicted molar refractivity (Wildman–Crippen MR) is 77.5 cm³/mol. The molecule has 1 aromatic rings. The number of benzene rings is 1. The largest absolute Gasteiger partial charge is 0.444 e. The summed E-state index contributed by atoms with van der Waals surface area (Å²) >= 11 is 0. The molecular formula is C16H17F2NO3. The molecule has 4 nitrogen and oxygen atoms in total. The Balaban J connectivity index is 2.75. The molecule has 22 heavy (non-hydrogen) atoms. The van der Waals surface area contributed by atoms with Crippen LogP contribution < -0.4 is 5.32 Å². The number of carbonyl (C=O) groups is 2. The number of amides is 1. The third kappa shape index (κ3) is 5.52. The zero-order chi connectivity index (χ0) is 16.9. The second-order valence-corrected chi connectivity index (χ2v) is 5.53. The van der Waals surface area contributed by atoms with Crippen molar-refractivity contribution in [3.05, 3.63) is 34.9 Å². The number of hydrogen-bond acceptors (Lipinski definition) is 3. The fourth-order valence-electron chi connectivity index (χ4n) is 1.48. The van der Waals surface area contributed by atoms with Crippen molar-refractivity contribution in [2.24, 2.45) is 0 Å². The second kappa shape index (κ2) is 7.03. The number of nitrogens with one attached hydrogen (secondary N) is 1. The summed E-state index contributed by atoms with van der Waals surface area (Å²) in [6.45, 7) is 6.26. The minimum atomic E-state index is -0.928. The number of carbonyl (C=O) groups excluding carboxylic acids is 2. The lowest BCUT2D eigenvalue weighted by Gasteiger charge is -2.19. The Morgan fingerprint density at radius 1 is 1.23 bits per heavy atom. The summed E-state index contributed by atoms with van der Waals surface area (Å²) in [6.07, 6.45) is -0.647. The van der Waals surface area contributed by atoms with Crippen molar-refractivity contribution in [3.63, 3.8) is 0 Å². The van der Waals surface area contributed by atoms with E-state index in [9.17, 15) is 18.4 Å². The number of hydrogen-bond donors (Lipinski definition) is 1. The normalized spacial score (nSPS) is 10.5. The van der Waals surface area contributed by atoms with Crippen LogP contribution >= 0.6 is 0 Å². The van der Waals surface area contributed by atoms with Crippen LogP contribution in [0.3, 0.4) is 0 Å². The van der Waals surface area contributed by atoms with Gasteiger partial charge in [-0.05, 0) is 33.8 Å². The quantitative estimate of drug-likeness (QED) is 0.675. The maximum absolute atomic E-state index is 13.5. The van der Waals surface area contributed by atoms with Gasteiger partial charge in [0, 0.05) is 6.07 Å². The molecule has 0 spiro atoms. The van der Waals surface area contributed by atoms with E-state index in [0.717, 1.165) is 6.07 Å². The standard InChI is InChI=1S/C16H17F2NO3/c1-10(20)12-8-11(13(17)9-14(12)18)6-5-7-19-15(21)22-16(2,3)4/h8-9H,7H2,1-4H3,(H,19,21). The van der Waals surface area contributed by atoms with Crippen LogP contribution in [0, 0.1) is 23.5 Å². The lowest BCUT2D eigenvalue weighted by Crippen LogP contribution is -2.32. The molecule has 0 bridgehead atoms. The highest BCUT2D eigenvalue weighted by atomic mass is 19.1. The van der Waals surface area contributed by atoms with Crippen LogP contribution in [0.5, 0.6) is 0 Å². The van der Waals surface area contributed by atoms with Gasteiger partial charge in [0.15, 0.2) is 5.78 Å². The monoisotopic (exact) mass is 309 g/mol. The summed E-state index contributed by atoms with van der Waals surface area (Å²) in [5, 5.41) is 2.38. The van der Waals surface area contributed by atoms with Gasteiger partial charge in [0.1, 0.15) is 17.2 Å². The van der Waals surface area contributed by atoms with E-state index in [1.807, 2.05) is 0 Å². The number of ketones is 1. The van der Waals surface area contributed by atoms with Gasteiger partial charge in [-0.2, -0.15) is 0 Å². The lowest BCUT2D eigenvalue weighted by molar-refractivity contribution is 0.0535. The average Bonchev–Trinajstić information content (AvgIpc) is 2.33. The van der Waals surface area contributed by atoms with Gasteiger partial charge in [-0.15, -0.1) is 0 Å². The van der Waals surface area contributed by atoms with Gasteiger partial charge in [-0.25, -0.2) is 13.6 Å². The van der Waals surface area contributed by atoms with Gasteiger partial charge in [0.25, 0.3) is 0 Å². The third-order valence-electron chi connectivity index (χ3n) is 2.38. The van der Waals surface area contributed by atoms with Gasteiger partial charge in [-0.3, -0.25) is 4.79 Å². The lowest BCUT2D eigenvalue weighted by atomic mass is 10.1. The van der Waals surface area contributed by atoms with Gasteiger partial charge in [0.05, 0.1) is 17.7 Å². The predicted octanol–water partition coefficient (Wildman–Crippen LogP) is 3.04. The van der Waals surface area contributed by atoms with Crippen LogP contribution in [0.25, 0.3) is 0 Å². The molecule has 0 unspecified atom stereocenters. The zero-order valence-electron chi connectivity index (χ0n) is 12.8. The molecule has 1 N–H and O–H groups in total. The number of rotatable bonds is 2. The van der Waals surface area contributed by atoms with Crippen molar-refractivity contribution in [1.29, 1.82) is 0 Å². The summed E-state index contributed by atoms with van der Waals surface area (Å²) in [6, 6.07) is 1.66. The maximum Gasteiger partial charge on any atom is 0.408 e. The molecule has 6 heteroatoms. The number of Topliss-reactive ketones (excluding diaryl/α,β-unsaturated/α-hetero) is 1. The summed E-state index contributed by atoms with van der Waals surface area (Å²) < 4.78 is 31.9. The van der Waals surface area contributed by atoms with Gasteiger partial charge in [-0.1, -0.05) is 11.8 Å². The van der Waals surface area contributed by atoms with Crippen LogP contribution in [0.2, 0.25) is 0 Å². The Labute approximate surface area is 127 Å². The first kappa shape index (κ1) is 17.6. The van der Waals surface area contributed by atoms with Gasteiger partial charge < -0.3 is 10.1 Å². The number of halogens is 2. The third-order valence-corrected chi connectivity index (χ3v) is 2.38. The molecule has 1 aromatic carbocycles. The maximum atomic E-state index is 13.5. The molecule has 0 aliphatic rings. The molecule has 0 saturated carbocycles. The highest BCUT2D eigenvalue weighted by molar-refractivity contribution is 5.94. The molecule has 0 heterocycles. The minimum absolute atomic E-state index is 0.0683. The van der Waals surface area contributed by atoms with Crippen molar-refractivity contribution in [1.82, 2.24) is 5.32 Å². The molecule has 118 valence electrons. The molecule has 0 fully saturated rings. The minimum Gasteiger partial charge on any atom is -0.444 e. The first-order valence-corrected chi connectivity index (χ1v) is 6.56. The second-order valence-electron chi connectivity index (χ2n) is 5.53. The molecule has 0 saturated heterocycles. The van der Waals surface area contributed by atoms with Crippen molar-refractivity contribution < 1.29 is 23.1 Å². The van der Waals surface area contributed by atoms with Gasteiger partial charge >= 0.3 is 6.09 Å². The Morgan fingerprint density at radius 3 is 2.41 bits per heavy atom. The average molecular weight is 309 g/mol. The first-order valence-electron chi connectivity index (χ1n) is 6.56. The Kier molecular flexibility index (Phi) is 5.63. The van der Waals surface area contributed by atoms with E-state index in [1.54, 1.807) is 20.8 Å². The molecule has 0 aliphatic heterocycles. The smallest absolute Gasteiger partial charge is 0.408 e. The molecule has 1 amide bonds. The summed E-state index contributed by atoms with van der Waals surface area (Å²) in [4.78, 5) is 22.6. The molecule has 0 aliphatic carbocycles. The van der Waals surface area contributed by atoms with Crippen molar-refractivity contribution in [2.45, 2.75) is 33.3 Å². The van der Waals surface area contributed by atoms with Crippen LogP contribution in [-0.4, -0.2) is 24.0 Å². The van der Waals surface area contributed by atoms with E-state index in [1.165, 1.54) is 6.92 Å². The summed E-state index contributed by atoms with van der Waals surface area (Å²) in [5.74, 6) is 2.63. The Bertz CT molecular complexity index is 652. The van der Waals surface area contributed by atoms with E-state index in [4.69, 9.17) is 4.74 Å². The van der Waals surface area contributed by atoms with Crippen LogP contribution in [-0.2, 0) is 4.74 Å². The van der Waals surface area contributed by atoms with Crippen molar-refractivity contribution >= 4 is 11.9 Å². The summed E-state index contributed by atoms with van der Waals surface area (Å²) in [5.41, 5.74) is -0.972.